The van der Waals surface area contributed by atoms with Crippen LogP contribution in [0.3, 0.4) is 0 Å². The van der Waals surface area contributed by atoms with Gasteiger partial charge in [0.05, 0.1) is 5.92 Å². The Morgan fingerprint density at radius 3 is 2.21 bits per heavy atom. The van der Waals surface area contributed by atoms with Crippen molar-refractivity contribution in [3.05, 3.63) is 0 Å². The summed E-state index contributed by atoms with van der Waals surface area (Å²) in [6.07, 6.45) is 9.52. The maximum Gasteiger partial charge on any atom is 0.227 e. The van der Waals surface area contributed by atoms with Gasteiger partial charge in [0.15, 0.2) is 0 Å². The van der Waals surface area contributed by atoms with Gasteiger partial charge in [-0.1, -0.05) is 33.6 Å². The smallest absolute Gasteiger partial charge is 0.227 e. The molecule has 2 amide bonds. The molecule has 1 aliphatic carbocycles. The van der Waals surface area contributed by atoms with E-state index in [-0.39, 0.29) is 17.2 Å². The lowest BCUT2D eigenvalue weighted by Gasteiger charge is -2.39. The molecule has 0 radical (unpaired) electrons. The molecular formula is C20H34N2O2. The zero-order valence-electron chi connectivity index (χ0n) is 15.7. The first-order valence-corrected chi connectivity index (χ1v) is 9.98. The highest BCUT2D eigenvalue weighted by Gasteiger charge is 2.40. The van der Waals surface area contributed by atoms with Crippen molar-refractivity contribution < 1.29 is 9.59 Å². The third-order valence-corrected chi connectivity index (χ3v) is 6.23. The van der Waals surface area contributed by atoms with Crippen molar-refractivity contribution in [2.45, 2.75) is 78.2 Å². The van der Waals surface area contributed by atoms with E-state index in [1.165, 1.54) is 32.1 Å². The number of hydrogen-bond acceptors (Lipinski definition) is 2. The molecule has 0 aromatic carbocycles. The second kappa shape index (κ2) is 7.05. The molecule has 3 aliphatic rings. The summed E-state index contributed by atoms with van der Waals surface area (Å²) in [6.45, 7) is 8.28. The van der Waals surface area contributed by atoms with Crippen molar-refractivity contribution in [3.8, 4) is 0 Å². The highest BCUT2D eigenvalue weighted by atomic mass is 16.2. The van der Waals surface area contributed by atoms with Gasteiger partial charge in [-0.25, -0.2) is 0 Å². The fourth-order valence-corrected chi connectivity index (χ4v) is 4.97. The van der Waals surface area contributed by atoms with Crippen LogP contribution in [0, 0.1) is 17.3 Å². The molecule has 0 aromatic heterocycles. The van der Waals surface area contributed by atoms with Crippen molar-refractivity contribution >= 4 is 11.8 Å². The van der Waals surface area contributed by atoms with Crippen molar-refractivity contribution in [3.63, 3.8) is 0 Å². The third kappa shape index (κ3) is 3.62. The number of carbonyl (C=O) groups excluding carboxylic acids is 2. The van der Waals surface area contributed by atoms with Crippen molar-refractivity contribution in [1.82, 2.24) is 9.80 Å². The molecule has 0 N–H and O–H groups in total. The van der Waals surface area contributed by atoms with E-state index in [1.54, 1.807) is 0 Å². The second-order valence-corrected chi connectivity index (χ2v) is 9.13. The first-order valence-electron chi connectivity index (χ1n) is 9.98. The summed E-state index contributed by atoms with van der Waals surface area (Å²) in [5.74, 6) is 1.27. The highest BCUT2D eigenvalue weighted by Crippen LogP contribution is 2.36. The van der Waals surface area contributed by atoms with E-state index >= 15 is 0 Å². The van der Waals surface area contributed by atoms with Crippen LogP contribution in [0.2, 0.25) is 0 Å². The van der Waals surface area contributed by atoms with Crippen LogP contribution < -0.4 is 0 Å². The molecule has 0 bridgehead atoms. The molecule has 3 rings (SSSR count). The van der Waals surface area contributed by atoms with Crippen LogP contribution in [-0.4, -0.2) is 47.3 Å². The summed E-state index contributed by atoms with van der Waals surface area (Å²) < 4.78 is 0. The van der Waals surface area contributed by atoms with Gasteiger partial charge in [0.25, 0.3) is 0 Å². The Labute approximate surface area is 146 Å². The van der Waals surface area contributed by atoms with Gasteiger partial charge in [-0.2, -0.15) is 0 Å². The molecule has 3 fully saturated rings. The Morgan fingerprint density at radius 2 is 1.54 bits per heavy atom. The van der Waals surface area contributed by atoms with E-state index in [0.717, 1.165) is 38.3 Å². The van der Waals surface area contributed by atoms with Crippen LogP contribution >= 0.6 is 0 Å². The fraction of sp³-hybridized carbons (Fsp3) is 0.900. The van der Waals surface area contributed by atoms with Crippen molar-refractivity contribution in [2.75, 3.05) is 19.6 Å². The number of hydrogen-bond donors (Lipinski definition) is 0. The van der Waals surface area contributed by atoms with Crippen LogP contribution in [0.25, 0.3) is 0 Å². The van der Waals surface area contributed by atoms with Gasteiger partial charge in [0.1, 0.15) is 0 Å². The maximum atomic E-state index is 13.2. The molecular weight excluding hydrogens is 300 g/mol. The fourth-order valence-electron chi connectivity index (χ4n) is 4.97. The molecule has 2 aliphatic heterocycles. The average molecular weight is 335 g/mol. The number of amides is 2. The highest BCUT2D eigenvalue weighted by molar-refractivity contribution is 5.84. The molecule has 0 unspecified atom stereocenters. The number of likely N-dealkylation sites (tertiary alicyclic amines) is 2. The minimum absolute atomic E-state index is 0.0204. The Hall–Kier alpha value is -1.06. The summed E-state index contributed by atoms with van der Waals surface area (Å²) in [4.78, 5) is 29.9. The summed E-state index contributed by atoms with van der Waals surface area (Å²) in [5, 5.41) is 0. The molecule has 4 heteroatoms. The molecule has 2 atom stereocenters. The summed E-state index contributed by atoms with van der Waals surface area (Å²) in [5.41, 5.74) is -0.356. The zero-order valence-corrected chi connectivity index (χ0v) is 15.7. The van der Waals surface area contributed by atoms with Gasteiger partial charge >= 0.3 is 0 Å². The first kappa shape index (κ1) is 17.8. The largest absolute Gasteiger partial charge is 0.341 e. The Bertz CT molecular complexity index is 477. The van der Waals surface area contributed by atoms with E-state index in [2.05, 4.69) is 4.90 Å². The SMILES string of the molecule is CC(C)(C)C(=O)N1CCC[C@@H](C(=O)N2CCC[C@H]2C2CCCC2)C1. The Kier molecular flexibility index (Phi) is 5.22. The molecule has 24 heavy (non-hydrogen) atoms. The first-order chi connectivity index (χ1) is 11.4. The van der Waals surface area contributed by atoms with Crippen LogP contribution in [0.15, 0.2) is 0 Å². The number of rotatable bonds is 2. The topological polar surface area (TPSA) is 40.6 Å². The van der Waals surface area contributed by atoms with Crippen LogP contribution in [-0.2, 0) is 9.59 Å². The third-order valence-electron chi connectivity index (χ3n) is 6.23. The standard InChI is InChI=1S/C20H34N2O2/c1-20(2,3)19(24)21-12-6-10-16(14-21)18(23)22-13-7-11-17(22)15-8-4-5-9-15/h15-17H,4-14H2,1-3H3/t16-,17+/m1/s1. The Balaban J connectivity index is 1.64. The van der Waals surface area contributed by atoms with E-state index < -0.39 is 0 Å². The monoisotopic (exact) mass is 334 g/mol. The average Bonchev–Trinajstić information content (AvgIpc) is 3.23. The van der Waals surface area contributed by atoms with Crippen LogP contribution in [0.5, 0.6) is 0 Å². The molecule has 0 aromatic rings. The van der Waals surface area contributed by atoms with Gasteiger partial charge in [-0.15, -0.1) is 0 Å². The summed E-state index contributed by atoms with van der Waals surface area (Å²) in [7, 11) is 0. The lowest BCUT2D eigenvalue weighted by molar-refractivity contribution is -0.146. The summed E-state index contributed by atoms with van der Waals surface area (Å²) in [6, 6.07) is 0.480. The predicted molar refractivity (Wildman–Crippen MR) is 95.5 cm³/mol. The molecule has 2 saturated heterocycles. The van der Waals surface area contributed by atoms with E-state index in [4.69, 9.17) is 0 Å². The Morgan fingerprint density at radius 1 is 0.875 bits per heavy atom. The summed E-state index contributed by atoms with van der Waals surface area (Å²) >= 11 is 0. The van der Waals surface area contributed by atoms with Crippen molar-refractivity contribution in [2.24, 2.45) is 17.3 Å². The number of carbonyl (C=O) groups is 2. The van der Waals surface area contributed by atoms with Crippen LogP contribution in [0.1, 0.15) is 72.1 Å². The van der Waals surface area contributed by atoms with Gasteiger partial charge in [0.2, 0.25) is 11.8 Å². The lowest BCUT2D eigenvalue weighted by Crippen LogP contribution is -2.51. The maximum absolute atomic E-state index is 13.2. The lowest BCUT2D eigenvalue weighted by atomic mass is 9.90. The van der Waals surface area contributed by atoms with Gasteiger partial charge in [-0.3, -0.25) is 9.59 Å². The van der Waals surface area contributed by atoms with Gasteiger partial charge in [-0.05, 0) is 44.4 Å². The van der Waals surface area contributed by atoms with Crippen LogP contribution in [0.4, 0.5) is 0 Å². The molecule has 0 spiro atoms. The number of piperidine rings is 1. The van der Waals surface area contributed by atoms with E-state index in [9.17, 15) is 9.59 Å². The molecule has 2 heterocycles. The zero-order chi connectivity index (χ0) is 17.3. The second-order valence-electron chi connectivity index (χ2n) is 9.13. The van der Waals surface area contributed by atoms with Crippen molar-refractivity contribution in [1.29, 1.82) is 0 Å². The van der Waals surface area contributed by atoms with E-state index in [0.29, 0.717) is 18.5 Å². The van der Waals surface area contributed by atoms with Gasteiger partial charge < -0.3 is 9.80 Å². The molecule has 1 saturated carbocycles. The normalized spacial score (nSPS) is 29.3. The number of nitrogens with zero attached hydrogens (tertiary/aromatic N) is 2. The molecule has 136 valence electrons. The van der Waals surface area contributed by atoms with E-state index in [1.807, 2.05) is 25.7 Å². The predicted octanol–water partition coefficient (Wildman–Crippen LogP) is 3.45. The van der Waals surface area contributed by atoms with Gasteiger partial charge in [0, 0.05) is 31.1 Å². The molecule has 4 nitrogen and oxygen atoms in total. The minimum atomic E-state index is -0.356. The quantitative estimate of drug-likeness (QED) is 0.776. The minimum Gasteiger partial charge on any atom is -0.341 e.